The molecule has 1 aliphatic heterocycles. The lowest BCUT2D eigenvalue weighted by atomic mass is 9.77. The third-order valence-corrected chi connectivity index (χ3v) is 7.86. The van der Waals surface area contributed by atoms with Crippen LogP contribution in [-0.2, 0) is 0 Å². The number of benzene rings is 1. The summed E-state index contributed by atoms with van der Waals surface area (Å²) in [4.78, 5) is 14.2. The van der Waals surface area contributed by atoms with Crippen LogP contribution >= 0.6 is 11.8 Å². The predicted molar refractivity (Wildman–Crippen MR) is 115 cm³/mol. The molecule has 0 radical (unpaired) electrons. The van der Waals surface area contributed by atoms with Crippen LogP contribution in [0.25, 0.3) is 5.65 Å². The first-order chi connectivity index (χ1) is 13.7. The Balaban J connectivity index is 1.43. The minimum atomic E-state index is 0.616. The molecule has 2 aromatic heterocycles. The van der Waals surface area contributed by atoms with Crippen LogP contribution in [0.3, 0.4) is 0 Å². The van der Waals surface area contributed by atoms with Crippen LogP contribution in [0, 0.1) is 12.3 Å². The summed E-state index contributed by atoms with van der Waals surface area (Å²) in [6.45, 7) is 4.26. The molecule has 2 fully saturated rings. The molecule has 2 aliphatic rings. The van der Waals surface area contributed by atoms with E-state index in [0.717, 1.165) is 45.7 Å². The molecule has 2 N–H and O–H groups in total. The summed E-state index contributed by atoms with van der Waals surface area (Å²) in [7, 11) is 0. The highest BCUT2D eigenvalue weighted by Gasteiger charge is 2.37. The molecule has 1 aromatic carbocycles. The van der Waals surface area contributed by atoms with Crippen molar-refractivity contribution < 1.29 is 0 Å². The van der Waals surface area contributed by atoms with Gasteiger partial charge in [-0.1, -0.05) is 30.7 Å². The summed E-state index contributed by atoms with van der Waals surface area (Å²) >= 11 is 1.69. The molecule has 0 amide bonds. The van der Waals surface area contributed by atoms with Gasteiger partial charge in [0.05, 0.1) is 4.90 Å². The SMILES string of the molecule is Cc1c(N)cccc1Sc1cnc(N2CCC3(CCCC3)CC2)n2ccnc12. The van der Waals surface area contributed by atoms with E-state index in [-0.39, 0.29) is 0 Å². The number of aromatic nitrogens is 3. The second kappa shape index (κ2) is 6.99. The number of fused-ring (bicyclic) bond motifs is 1. The molecule has 3 heterocycles. The molecule has 1 spiro atoms. The molecule has 5 rings (SSSR count). The molecule has 0 unspecified atom stereocenters. The van der Waals surface area contributed by atoms with Crippen LogP contribution in [0.2, 0.25) is 0 Å². The van der Waals surface area contributed by atoms with E-state index in [9.17, 15) is 0 Å². The van der Waals surface area contributed by atoms with Crippen molar-refractivity contribution in [2.24, 2.45) is 5.41 Å². The zero-order valence-corrected chi connectivity index (χ0v) is 17.2. The summed E-state index contributed by atoms with van der Waals surface area (Å²) in [6, 6.07) is 6.05. The molecule has 6 heteroatoms. The van der Waals surface area contributed by atoms with Gasteiger partial charge in [0.15, 0.2) is 5.65 Å². The first kappa shape index (κ1) is 17.9. The minimum absolute atomic E-state index is 0.616. The van der Waals surface area contributed by atoms with Crippen LogP contribution in [0.5, 0.6) is 0 Å². The Morgan fingerprint density at radius 1 is 1.04 bits per heavy atom. The maximum absolute atomic E-state index is 6.08. The summed E-state index contributed by atoms with van der Waals surface area (Å²) in [6.07, 6.45) is 14.2. The smallest absolute Gasteiger partial charge is 0.211 e. The number of rotatable bonds is 3. The van der Waals surface area contributed by atoms with Crippen molar-refractivity contribution in [1.82, 2.24) is 14.4 Å². The number of piperidine rings is 1. The van der Waals surface area contributed by atoms with Gasteiger partial charge in [0, 0.05) is 42.3 Å². The number of hydrogen-bond acceptors (Lipinski definition) is 5. The Hall–Kier alpha value is -2.21. The summed E-state index contributed by atoms with van der Waals surface area (Å²) in [5.74, 6) is 1.02. The molecule has 5 nitrogen and oxygen atoms in total. The van der Waals surface area contributed by atoms with Crippen LogP contribution in [0.4, 0.5) is 11.6 Å². The fraction of sp³-hybridized carbons (Fsp3) is 0.455. The maximum atomic E-state index is 6.08. The van der Waals surface area contributed by atoms with Crippen LogP contribution in [-0.4, -0.2) is 27.5 Å². The molecule has 3 aromatic rings. The molecule has 146 valence electrons. The Bertz CT molecular complexity index is 995. The second-order valence-electron chi connectivity index (χ2n) is 8.31. The van der Waals surface area contributed by atoms with Crippen molar-refractivity contribution in [3.8, 4) is 0 Å². The van der Waals surface area contributed by atoms with Crippen molar-refractivity contribution in [3.63, 3.8) is 0 Å². The van der Waals surface area contributed by atoms with Gasteiger partial charge in [-0.15, -0.1) is 0 Å². The zero-order chi connectivity index (χ0) is 19.1. The third kappa shape index (κ3) is 3.04. The first-order valence-corrected chi connectivity index (χ1v) is 11.1. The van der Waals surface area contributed by atoms with E-state index >= 15 is 0 Å². The highest BCUT2D eigenvalue weighted by molar-refractivity contribution is 7.99. The highest BCUT2D eigenvalue weighted by atomic mass is 32.2. The predicted octanol–water partition coefficient (Wildman–Crippen LogP) is 4.93. The van der Waals surface area contributed by atoms with Gasteiger partial charge in [-0.05, 0) is 55.7 Å². The molecular formula is C22H27N5S. The Morgan fingerprint density at radius 2 is 1.82 bits per heavy atom. The summed E-state index contributed by atoms with van der Waals surface area (Å²) in [5, 5.41) is 0. The van der Waals surface area contributed by atoms with Gasteiger partial charge >= 0.3 is 0 Å². The van der Waals surface area contributed by atoms with Crippen LogP contribution in [0.15, 0.2) is 46.6 Å². The summed E-state index contributed by atoms with van der Waals surface area (Å²) < 4.78 is 2.15. The molecule has 1 saturated heterocycles. The van der Waals surface area contributed by atoms with Crippen LogP contribution < -0.4 is 10.6 Å². The van der Waals surface area contributed by atoms with Crippen molar-refractivity contribution in [3.05, 3.63) is 42.4 Å². The van der Waals surface area contributed by atoms with Gasteiger partial charge in [-0.25, -0.2) is 9.97 Å². The van der Waals surface area contributed by atoms with Gasteiger partial charge in [0.25, 0.3) is 0 Å². The topological polar surface area (TPSA) is 59.5 Å². The Labute approximate surface area is 170 Å². The van der Waals surface area contributed by atoms with Crippen molar-refractivity contribution in [1.29, 1.82) is 0 Å². The molecule has 1 aliphatic carbocycles. The average Bonchev–Trinajstić information content (AvgIpc) is 3.37. The van der Waals surface area contributed by atoms with E-state index in [1.165, 1.54) is 38.5 Å². The zero-order valence-electron chi connectivity index (χ0n) is 16.4. The number of nitrogens with zero attached hydrogens (tertiary/aromatic N) is 4. The fourth-order valence-electron chi connectivity index (χ4n) is 4.86. The Kier molecular flexibility index (Phi) is 4.46. The minimum Gasteiger partial charge on any atom is -0.398 e. The lowest BCUT2D eigenvalue weighted by Crippen LogP contribution is -2.40. The first-order valence-electron chi connectivity index (χ1n) is 10.3. The number of hydrogen-bond donors (Lipinski definition) is 1. The van der Waals surface area contributed by atoms with Crippen LogP contribution in [0.1, 0.15) is 44.1 Å². The largest absolute Gasteiger partial charge is 0.398 e. The van der Waals surface area contributed by atoms with Gasteiger partial charge in [0.2, 0.25) is 5.95 Å². The van der Waals surface area contributed by atoms with Gasteiger partial charge in [-0.2, -0.15) is 0 Å². The van der Waals surface area contributed by atoms with E-state index in [0.29, 0.717) is 5.41 Å². The van der Waals surface area contributed by atoms with Gasteiger partial charge in [0.1, 0.15) is 0 Å². The molecule has 1 saturated carbocycles. The van der Waals surface area contributed by atoms with E-state index in [1.54, 1.807) is 11.8 Å². The summed E-state index contributed by atoms with van der Waals surface area (Å²) in [5.41, 5.74) is 9.60. The lowest BCUT2D eigenvalue weighted by Gasteiger charge is -2.39. The number of nitrogen functional groups attached to an aromatic ring is 1. The third-order valence-electron chi connectivity index (χ3n) is 6.69. The van der Waals surface area contributed by atoms with E-state index in [2.05, 4.69) is 27.3 Å². The number of anilines is 2. The lowest BCUT2D eigenvalue weighted by molar-refractivity contribution is 0.225. The maximum Gasteiger partial charge on any atom is 0.211 e. The van der Waals surface area contributed by atoms with Crippen molar-refractivity contribution >= 4 is 29.0 Å². The van der Waals surface area contributed by atoms with Gasteiger partial charge in [-0.3, -0.25) is 4.40 Å². The van der Waals surface area contributed by atoms with Crippen molar-refractivity contribution in [2.45, 2.75) is 55.2 Å². The monoisotopic (exact) mass is 393 g/mol. The quantitative estimate of drug-likeness (QED) is 0.639. The molecular weight excluding hydrogens is 366 g/mol. The van der Waals surface area contributed by atoms with E-state index in [4.69, 9.17) is 10.7 Å². The Morgan fingerprint density at radius 3 is 2.61 bits per heavy atom. The highest BCUT2D eigenvalue weighted by Crippen LogP contribution is 2.46. The standard InChI is InChI=1S/C22H27N5S/c1-16-17(23)5-4-6-18(16)28-19-15-25-21(27-14-11-24-20(19)27)26-12-9-22(10-13-26)7-2-3-8-22/h4-6,11,14-15H,2-3,7-10,12-13,23H2,1H3. The van der Waals surface area contributed by atoms with Gasteiger partial charge < -0.3 is 10.6 Å². The van der Waals surface area contributed by atoms with E-state index in [1.807, 2.05) is 30.7 Å². The molecule has 0 atom stereocenters. The number of nitrogens with two attached hydrogens (primary N) is 1. The molecule has 0 bridgehead atoms. The van der Waals surface area contributed by atoms with Crippen molar-refractivity contribution in [2.75, 3.05) is 23.7 Å². The number of imidazole rings is 1. The normalized spacial score (nSPS) is 19.0. The average molecular weight is 394 g/mol. The fourth-order valence-corrected chi connectivity index (χ4v) is 5.86. The second-order valence-corrected chi connectivity index (χ2v) is 9.39. The van der Waals surface area contributed by atoms with E-state index < -0.39 is 0 Å². The molecule has 28 heavy (non-hydrogen) atoms.